The normalized spacial score (nSPS) is 20.9. The van der Waals surface area contributed by atoms with Gasteiger partial charge in [-0.15, -0.1) is 0 Å². The maximum Gasteiger partial charge on any atom is 0.416 e. The van der Waals surface area contributed by atoms with Crippen LogP contribution in [0.2, 0.25) is 0 Å². The van der Waals surface area contributed by atoms with Gasteiger partial charge in [0.15, 0.2) is 0 Å². The second-order valence-electron chi connectivity index (χ2n) is 9.77. The van der Waals surface area contributed by atoms with Gasteiger partial charge < -0.3 is 14.7 Å². The number of carbonyl (C=O) groups excluding carboxylic acids is 2. The molecule has 3 unspecified atom stereocenters. The molecule has 36 heavy (non-hydrogen) atoms. The Kier molecular flexibility index (Phi) is 7.34. The third-order valence-corrected chi connectivity index (χ3v) is 7.77. The van der Waals surface area contributed by atoms with E-state index >= 15 is 0 Å². The lowest BCUT2D eigenvalue weighted by Gasteiger charge is -2.47. The van der Waals surface area contributed by atoms with E-state index in [1.54, 1.807) is 20.0 Å². The van der Waals surface area contributed by atoms with E-state index in [4.69, 9.17) is 0 Å². The van der Waals surface area contributed by atoms with Crippen molar-refractivity contribution in [3.05, 3.63) is 70.3 Å². The number of rotatable bonds is 5. The van der Waals surface area contributed by atoms with Gasteiger partial charge in [0, 0.05) is 26.6 Å². The number of amides is 3. The van der Waals surface area contributed by atoms with Gasteiger partial charge in [-0.05, 0) is 60.6 Å². The molecule has 0 spiro atoms. The number of carbonyl (C=O) groups is 2. The molecule has 2 heterocycles. The minimum absolute atomic E-state index is 0.105. The summed E-state index contributed by atoms with van der Waals surface area (Å²) in [6.07, 6.45) is -2.05. The third-order valence-electron chi connectivity index (χ3n) is 7.77. The average molecular weight is 502 g/mol. The van der Waals surface area contributed by atoms with Crippen LogP contribution in [-0.4, -0.2) is 52.8 Å². The van der Waals surface area contributed by atoms with Crippen LogP contribution in [0.15, 0.2) is 42.5 Å². The first-order valence-electron chi connectivity index (χ1n) is 12.7. The molecule has 0 bridgehead atoms. The molecule has 0 aliphatic carbocycles. The minimum atomic E-state index is -4.46. The van der Waals surface area contributed by atoms with E-state index in [0.29, 0.717) is 43.5 Å². The van der Waals surface area contributed by atoms with Crippen LogP contribution in [0.1, 0.15) is 73.5 Å². The highest BCUT2D eigenvalue weighted by Gasteiger charge is 2.46. The smallest absolute Gasteiger partial charge is 0.335 e. The number of aryl methyl sites for hydroxylation is 2. The van der Waals surface area contributed by atoms with Crippen molar-refractivity contribution in [1.29, 1.82) is 0 Å². The quantitative estimate of drug-likeness (QED) is 0.505. The van der Waals surface area contributed by atoms with Gasteiger partial charge in [-0.25, -0.2) is 4.79 Å². The second kappa shape index (κ2) is 10.1. The fraction of sp³-hybridized carbons (Fsp3) is 0.500. The van der Waals surface area contributed by atoms with Crippen LogP contribution < -0.4 is 0 Å². The van der Waals surface area contributed by atoms with Crippen LogP contribution >= 0.6 is 0 Å². The molecule has 194 valence electrons. The lowest BCUT2D eigenvalue weighted by atomic mass is 9.89. The fourth-order valence-corrected chi connectivity index (χ4v) is 5.59. The van der Waals surface area contributed by atoms with Gasteiger partial charge in [-0.3, -0.25) is 4.79 Å². The summed E-state index contributed by atoms with van der Waals surface area (Å²) < 4.78 is 40.6. The van der Waals surface area contributed by atoms with Crippen molar-refractivity contribution < 1.29 is 22.8 Å². The molecule has 2 aromatic rings. The third kappa shape index (κ3) is 4.82. The lowest BCUT2D eigenvalue weighted by Crippen LogP contribution is -2.57. The summed E-state index contributed by atoms with van der Waals surface area (Å²) in [6, 6.07) is 10.9. The van der Waals surface area contributed by atoms with E-state index in [2.05, 4.69) is 13.0 Å². The Morgan fingerprint density at radius 3 is 2.50 bits per heavy atom. The van der Waals surface area contributed by atoms with Crippen LogP contribution in [0, 0.1) is 0 Å². The number of piperazine rings is 1. The molecule has 5 nitrogen and oxygen atoms in total. The molecule has 0 radical (unpaired) electrons. The molecule has 0 N–H and O–H groups in total. The van der Waals surface area contributed by atoms with Crippen LogP contribution in [0.4, 0.5) is 18.0 Å². The van der Waals surface area contributed by atoms with Crippen LogP contribution in [0.25, 0.3) is 0 Å². The number of urea groups is 1. The van der Waals surface area contributed by atoms with E-state index in [-0.39, 0.29) is 24.0 Å². The lowest BCUT2D eigenvalue weighted by molar-refractivity contribution is -0.137. The molecular weight excluding hydrogens is 467 g/mol. The van der Waals surface area contributed by atoms with Crippen LogP contribution in [-0.2, 0) is 23.8 Å². The van der Waals surface area contributed by atoms with E-state index in [0.717, 1.165) is 23.6 Å². The summed E-state index contributed by atoms with van der Waals surface area (Å²) >= 11 is 0. The molecule has 8 heteroatoms. The van der Waals surface area contributed by atoms with Crippen molar-refractivity contribution >= 4 is 11.9 Å². The van der Waals surface area contributed by atoms with Crippen molar-refractivity contribution in [1.82, 2.24) is 14.7 Å². The number of fused-ring (bicyclic) bond motifs is 1. The maximum atomic E-state index is 13.9. The largest absolute Gasteiger partial charge is 0.416 e. The summed E-state index contributed by atoms with van der Waals surface area (Å²) in [5, 5.41) is 0. The molecule has 3 atom stereocenters. The Morgan fingerprint density at radius 1 is 1.11 bits per heavy atom. The Balaban J connectivity index is 1.68. The van der Waals surface area contributed by atoms with Gasteiger partial charge in [-0.2, -0.15) is 13.2 Å². The van der Waals surface area contributed by atoms with Crippen molar-refractivity contribution in [3.8, 4) is 0 Å². The standard InChI is InChI=1S/C28H34F3N3O2/c1-5-19-15-21(17-22(16-19)28(29,30)31)18(3)32(4)27(36)34-14-13-33-24(11-12-25(33)35)26(34)23-10-8-7-9-20(23)6-2/h7-10,15-18,24,26H,5-6,11-14H2,1-4H3. The Labute approximate surface area is 210 Å². The zero-order valence-corrected chi connectivity index (χ0v) is 21.3. The molecule has 0 aromatic heterocycles. The van der Waals surface area contributed by atoms with Crippen molar-refractivity contribution in [2.24, 2.45) is 0 Å². The second-order valence-corrected chi connectivity index (χ2v) is 9.77. The number of hydrogen-bond donors (Lipinski definition) is 0. The topological polar surface area (TPSA) is 43.9 Å². The van der Waals surface area contributed by atoms with Gasteiger partial charge in [-0.1, -0.05) is 44.2 Å². The molecule has 2 saturated heterocycles. The van der Waals surface area contributed by atoms with Crippen molar-refractivity contribution in [3.63, 3.8) is 0 Å². The van der Waals surface area contributed by atoms with Gasteiger partial charge >= 0.3 is 12.2 Å². The van der Waals surface area contributed by atoms with E-state index in [1.165, 1.54) is 11.0 Å². The Bertz CT molecular complexity index is 1130. The number of nitrogens with zero attached hydrogens (tertiary/aromatic N) is 3. The Hall–Kier alpha value is -3.03. The molecule has 4 rings (SSSR count). The Morgan fingerprint density at radius 2 is 1.83 bits per heavy atom. The van der Waals surface area contributed by atoms with Gasteiger partial charge in [0.1, 0.15) is 0 Å². The fourth-order valence-electron chi connectivity index (χ4n) is 5.59. The SMILES string of the molecule is CCc1cc(C(C)N(C)C(=O)N2CCN3C(=O)CCC3C2c2ccccc2CC)cc(C(F)(F)F)c1. The monoisotopic (exact) mass is 501 g/mol. The summed E-state index contributed by atoms with van der Waals surface area (Å²) in [5.74, 6) is 0.115. The summed E-state index contributed by atoms with van der Waals surface area (Å²) in [4.78, 5) is 31.7. The zero-order valence-electron chi connectivity index (χ0n) is 21.3. The summed E-state index contributed by atoms with van der Waals surface area (Å²) in [6.45, 7) is 6.49. The first-order valence-corrected chi connectivity index (χ1v) is 12.7. The molecule has 2 fully saturated rings. The van der Waals surface area contributed by atoms with Gasteiger partial charge in [0.05, 0.1) is 23.7 Å². The zero-order chi connectivity index (χ0) is 26.2. The molecular formula is C28H34F3N3O2. The van der Waals surface area contributed by atoms with E-state index < -0.39 is 17.8 Å². The van der Waals surface area contributed by atoms with Crippen molar-refractivity contribution in [2.75, 3.05) is 20.1 Å². The summed E-state index contributed by atoms with van der Waals surface area (Å²) in [7, 11) is 1.65. The van der Waals surface area contributed by atoms with Crippen LogP contribution in [0.5, 0.6) is 0 Å². The van der Waals surface area contributed by atoms with Crippen LogP contribution in [0.3, 0.4) is 0 Å². The maximum absolute atomic E-state index is 13.9. The van der Waals surface area contributed by atoms with Crippen molar-refractivity contribution in [2.45, 2.75) is 70.8 Å². The number of halogens is 3. The molecule has 2 aromatic carbocycles. The number of benzene rings is 2. The first-order chi connectivity index (χ1) is 17.1. The molecule has 2 aliphatic heterocycles. The molecule has 3 amide bonds. The highest BCUT2D eigenvalue weighted by molar-refractivity contribution is 5.81. The summed E-state index contributed by atoms with van der Waals surface area (Å²) in [5.41, 5.74) is 2.50. The molecule has 0 saturated carbocycles. The highest BCUT2D eigenvalue weighted by atomic mass is 19.4. The predicted octanol–water partition coefficient (Wildman–Crippen LogP) is 5.99. The average Bonchev–Trinajstić information content (AvgIpc) is 3.26. The van der Waals surface area contributed by atoms with Gasteiger partial charge in [0.2, 0.25) is 5.91 Å². The molecule has 2 aliphatic rings. The first kappa shape index (κ1) is 26.0. The number of hydrogen-bond acceptors (Lipinski definition) is 2. The van der Waals surface area contributed by atoms with E-state index in [1.807, 2.05) is 34.9 Å². The van der Waals surface area contributed by atoms with E-state index in [9.17, 15) is 22.8 Å². The predicted molar refractivity (Wildman–Crippen MR) is 132 cm³/mol. The van der Waals surface area contributed by atoms with Gasteiger partial charge in [0.25, 0.3) is 0 Å². The minimum Gasteiger partial charge on any atom is -0.335 e. The highest BCUT2D eigenvalue weighted by Crippen LogP contribution is 2.40. The number of alkyl halides is 3.